The average Bonchev–Trinajstić information content (AvgIpc) is 3.35. The van der Waals surface area contributed by atoms with Crippen molar-refractivity contribution < 1.29 is 14.3 Å². The topological polar surface area (TPSA) is 69.0 Å². The van der Waals surface area contributed by atoms with E-state index in [1.165, 1.54) is 0 Å². The van der Waals surface area contributed by atoms with Crippen LogP contribution in [0.4, 0.5) is 0 Å². The van der Waals surface area contributed by atoms with E-state index in [1.54, 1.807) is 12.4 Å². The number of amides is 1. The van der Waals surface area contributed by atoms with Gasteiger partial charge in [-0.2, -0.15) is 0 Å². The predicted molar refractivity (Wildman–Crippen MR) is 106 cm³/mol. The van der Waals surface area contributed by atoms with Gasteiger partial charge in [0.1, 0.15) is 16.9 Å². The van der Waals surface area contributed by atoms with Crippen LogP contribution < -0.4 is 0 Å². The van der Waals surface area contributed by atoms with Crippen molar-refractivity contribution in [3.63, 3.8) is 0 Å². The summed E-state index contributed by atoms with van der Waals surface area (Å²) in [5.41, 5.74) is 2.11. The smallest absolute Gasteiger partial charge is 0.272 e. The van der Waals surface area contributed by atoms with Gasteiger partial charge in [0.15, 0.2) is 0 Å². The molecule has 0 aliphatic carbocycles. The second-order valence-corrected chi connectivity index (χ2v) is 7.79. The largest absolute Gasteiger partial charge is 0.375 e. The minimum atomic E-state index is -0.218. The highest BCUT2D eigenvalue weighted by molar-refractivity contribution is 5.94. The zero-order chi connectivity index (χ0) is 19.7. The molecule has 5 heterocycles. The molecule has 0 bridgehead atoms. The molecule has 0 radical (unpaired) electrons. The van der Waals surface area contributed by atoms with Gasteiger partial charge in [0.25, 0.3) is 5.91 Å². The third-order valence-electron chi connectivity index (χ3n) is 6.03. The number of rotatable bonds is 6. The molecule has 150 valence electrons. The van der Waals surface area contributed by atoms with Crippen LogP contribution in [0.25, 0.3) is 5.65 Å². The van der Waals surface area contributed by atoms with Gasteiger partial charge in [0.2, 0.25) is 0 Å². The number of aromatic nitrogens is 3. The molecule has 0 N–H and O–H groups in total. The van der Waals surface area contributed by atoms with Gasteiger partial charge in [-0.15, -0.1) is 0 Å². The Labute approximate surface area is 169 Å². The Kier molecular flexibility index (Phi) is 4.77. The van der Waals surface area contributed by atoms with Crippen LogP contribution in [0, 0.1) is 5.92 Å². The molecule has 7 nitrogen and oxygen atoms in total. The standard InChI is InChI=1S/C22H24N4O3/c27-21(19-13-24-20-6-2-4-10-26(19)20)25-15-22(16-25)17(8-12-29-22)7-11-28-14-18-5-1-3-9-23-18/h1-6,9-10,13,17H,7-8,11-12,14-16H2/t17-/m1/s1. The molecule has 5 rings (SSSR count). The Bertz CT molecular complexity index is 997. The van der Waals surface area contributed by atoms with Crippen LogP contribution in [0.2, 0.25) is 0 Å². The molecule has 1 amide bonds. The van der Waals surface area contributed by atoms with E-state index >= 15 is 0 Å². The van der Waals surface area contributed by atoms with Crippen molar-refractivity contribution in [3.05, 3.63) is 66.4 Å². The lowest BCUT2D eigenvalue weighted by Gasteiger charge is -2.50. The molecule has 1 atom stereocenters. The van der Waals surface area contributed by atoms with Crippen LogP contribution in [0.15, 0.2) is 55.0 Å². The lowest BCUT2D eigenvalue weighted by molar-refractivity contribution is -0.120. The van der Waals surface area contributed by atoms with Gasteiger partial charge in [-0.05, 0) is 43.0 Å². The molecule has 2 aliphatic rings. The fraction of sp³-hybridized carbons (Fsp3) is 0.409. The number of ether oxygens (including phenoxy) is 2. The van der Waals surface area contributed by atoms with E-state index in [0.717, 1.165) is 30.8 Å². The van der Waals surface area contributed by atoms with E-state index in [-0.39, 0.29) is 11.5 Å². The van der Waals surface area contributed by atoms with Crippen molar-refractivity contribution in [1.29, 1.82) is 0 Å². The summed E-state index contributed by atoms with van der Waals surface area (Å²) in [4.78, 5) is 23.4. The van der Waals surface area contributed by atoms with E-state index < -0.39 is 0 Å². The van der Waals surface area contributed by atoms with Crippen molar-refractivity contribution in [2.75, 3.05) is 26.3 Å². The number of hydrogen-bond acceptors (Lipinski definition) is 5. The molecule has 0 aromatic carbocycles. The second-order valence-electron chi connectivity index (χ2n) is 7.79. The number of fused-ring (bicyclic) bond motifs is 1. The first kappa shape index (κ1) is 18.3. The van der Waals surface area contributed by atoms with Crippen molar-refractivity contribution in [3.8, 4) is 0 Å². The van der Waals surface area contributed by atoms with Crippen LogP contribution in [-0.2, 0) is 16.1 Å². The van der Waals surface area contributed by atoms with Gasteiger partial charge >= 0.3 is 0 Å². The Morgan fingerprint density at radius 2 is 2.10 bits per heavy atom. The number of pyridine rings is 2. The summed E-state index contributed by atoms with van der Waals surface area (Å²) in [5, 5.41) is 0. The number of nitrogens with zero attached hydrogens (tertiary/aromatic N) is 4. The molecule has 2 fully saturated rings. The third kappa shape index (κ3) is 3.41. The molecule has 0 saturated carbocycles. The van der Waals surface area contributed by atoms with Crippen molar-refractivity contribution in [2.45, 2.75) is 25.0 Å². The molecule has 1 spiro atoms. The van der Waals surface area contributed by atoms with Gasteiger partial charge in [-0.25, -0.2) is 4.98 Å². The average molecular weight is 392 g/mol. The SMILES string of the molecule is O=C(c1cnc2ccccn12)N1CC2(C1)OCC[C@H]2CCOCc1ccccn1. The molecular formula is C22H24N4O3. The predicted octanol–water partition coefficient (Wildman–Crippen LogP) is 2.57. The van der Waals surface area contributed by atoms with E-state index in [9.17, 15) is 4.79 Å². The normalized spacial score (nSPS) is 20.3. The highest BCUT2D eigenvalue weighted by Gasteiger charge is 2.54. The lowest BCUT2D eigenvalue weighted by Crippen LogP contribution is -2.66. The number of hydrogen-bond donors (Lipinski definition) is 0. The number of carbonyl (C=O) groups excluding carboxylic acids is 1. The fourth-order valence-electron chi connectivity index (χ4n) is 4.42. The Hall–Kier alpha value is -2.77. The van der Waals surface area contributed by atoms with E-state index in [4.69, 9.17) is 9.47 Å². The summed E-state index contributed by atoms with van der Waals surface area (Å²) in [6.45, 7) is 3.23. The first-order chi connectivity index (χ1) is 14.3. The number of imidazole rings is 1. The Morgan fingerprint density at radius 1 is 1.21 bits per heavy atom. The molecule has 3 aromatic heterocycles. The van der Waals surface area contributed by atoms with E-state index in [1.807, 2.05) is 51.9 Å². The molecule has 29 heavy (non-hydrogen) atoms. The molecule has 7 heteroatoms. The molecule has 3 aromatic rings. The molecule has 2 saturated heterocycles. The fourth-order valence-corrected chi connectivity index (χ4v) is 4.42. The second kappa shape index (κ2) is 7.57. The summed E-state index contributed by atoms with van der Waals surface area (Å²) >= 11 is 0. The van der Waals surface area contributed by atoms with Gasteiger partial charge in [0.05, 0.1) is 31.6 Å². The maximum absolute atomic E-state index is 12.9. The summed E-state index contributed by atoms with van der Waals surface area (Å²) in [5.74, 6) is 0.424. The summed E-state index contributed by atoms with van der Waals surface area (Å²) < 4.78 is 13.8. The quantitative estimate of drug-likeness (QED) is 0.603. The summed E-state index contributed by atoms with van der Waals surface area (Å²) in [6.07, 6.45) is 7.26. The monoisotopic (exact) mass is 392 g/mol. The van der Waals surface area contributed by atoms with Gasteiger partial charge in [-0.3, -0.25) is 14.2 Å². The molecule has 0 unspecified atom stereocenters. The molecule has 2 aliphatic heterocycles. The van der Waals surface area contributed by atoms with Gasteiger partial charge in [0, 0.05) is 25.6 Å². The summed E-state index contributed by atoms with van der Waals surface area (Å²) in [7, 11) is 0. The van der Waals surface area contributed by atoms with Crippen LogP contribution in [0.3, 0.4) is 0 Å². The number of carbonyl (C=O) groups is 1. The maximum Gasteiger partial charge on any atom is 0.272 e. The summed E-state index contributed by atoms with van der Waals surface area (Å²) in [6, 6.07) is 11.6. The highest BCUT2D eigenvalue weighted by atomic mass is 16.5. The first-order valence-corrected chi connectivity index (χ1v) is 10.1. The minimum absolute atomic E-state index is 0.00924. The zero-order valence-electron chi connectivity index (χ0n) is 16.2. The lowest BCUT2D eigenvalue weighted by atomic mass is 9.79. The van der Waals surface area contributed by atoms with Gasteiger partial charge in [-0.1, -0.05) is 12.1 Å². The Morgan fingerprint density at radius 3 is 2.97 bits per heavy atom. The highest BCUT2D eigenvalue weighted by Crippen LogP contribution is 2.42. The van der Waals surface area contributed by atoms with Gasteiger partial charge < -0.3 is 14.4 Å². The third-order valence-corrected chi connectivity index (χ3v) is 6.03. The number of likely N-dealkylation sites (tertiary alicyclic amines) is 1. The molecular weight excluding hydrogens is 368 g/mol. The van der Waals surface area contributed by atoms with Crippen LogP contribution in [0.1, 0.15) is 29.0 Å². The van der Waals surface area contributed by atoms with Crippen LogP contribution in [0.5, 0.6) is 0 Å². The van der Waals surface area contributed by atoms with Crippen LogP contribution in [-0.4, -0.2) is 57.1 Å². The minimum Gasteiger partial charge on any atom is -0.375 e. The zero-order valence-corrected chi connectivity index (χ0v) is 16.2. The van der Waals surface area contributed by atoms with E-state index in [2.05, 4.69) is 9.97 Å². The van der Waals surface area contributed by atoms with Crippen molar-refractivity contribution >= 4 is 11.6 Å². The van der Waals surface area contributed by atoms with E-state index in [0.29, 0.717) is 37.9 Å². The first-order valence-electron chi connectivity index (χ1n) is 10.1. The van der Waals surface area contributed by atoms with Crippen LogP contribution >= 0.6 is 0 Å². The van der Waals surface area contributed by atoms with Crippen molar-refractivity contribution in [1.82, 2.24) is 19.3 Å². The van der Waals surface area contributed by atoms with Crippen molar-refractivity contribution in [2.24, 2.45) is 5.92 Å². The Balaban J connectivity index is 1.16. The maximum atomic E-state index is 12.9.